The molecular formula is C17H20N2O2. The molecule has 1 heterocycles. The van der Waals surface area contributed by atoms with Crippen LogP contribution in [0.25, 0.3) is 0 Å². The summed E-state index contributed by atoms with van der Waals surface area (Å²) in [6.45, 7) is 6.39. The Morgan fingerprint density at radius 1 is 1.19 bits per heavy atom. The molecule has 0 saturated heterocycles. The van der Waals surface area contributed by atoms with Crippen molar-refractivity contribution in [1.29, 1.82) is 0 Å². The Morgan fingerprint density at radius 2 is 1.90 bits per heavy atom. The second-order valence-electron chi connectivity index (χ2n) is 5.21. The van der Waals surface area contributed by atoms with Crippen LogP contribution in [0.3, 0.4) is 0 Å². The van der Waals surface area contributed by atoms with E-state index in [9.17, 15) is 9.90 Å². The fourth-order valence-electron chi connectivity index (χ4n) is 2.44. The molecule has 110 valence electrons. The fourth-order valence-corrected chi connectivity index (χ4v) is 2.44. The highest BCUT2D eigenvalue weighted by Gasteiger charge is 2.15. The molecule has 2 aromatic rings. The number of carbonyl (C=O) groups is 1. The predicted molar refractivity (Wildman–Crippen MR) is 84.0 cm³/mol. The number of aromatic nitrogens is 1. The molecule has 0 bridgehead atoms. The molecule has 0 aliphatic heterocycles. The van der Waals surface area contributed by atoms with Gasteiger partial charge in [0.1, 0.15) is 11.4 Å². The first-order chi connectivity index (χ1) is 9.99. The number of hydrogen-bond acceptors (Lipinski definition) is 3. The zero-order chi connectivity index (χ0) is 15.4. The molecule has 21 heavy (non-hydrogen) atoms. The van der Waals surface area contributed by atoms with Gasteiger partial charge in [0, 0.05) is 12.2 Å². The van der Waals surface area contributed by atoms with E-state index in [0.29, 0.717) is 12.4 Å². The van der Waals surface area contributed by atoms with Crippen LogP contribution in [0.4, 0.5) is 5.82 Å². The number of aryl methyl sites for hydroxylation is 3. The number of nitrogens with one attached hydrogen (secondary N) is 1. The number of hydrogen-bond donors (Lipinski definition) is 2. The van der Waals surface area contributed by atoms with Crippen molar-refractivity contribution in [2.45, 2.75) is 27.2 Å². The second-order valence-corrected chi connectivity index (χ2v) is 5.21. The summed E-state index contributed by atoms with van der Waals surface area (Å²) in [4.78, 5) is 15.7. The van der Waals surface area contributed by atoms with Crippen molar-refractivity contribution >= 4 is 11.8 Å². The van der Waals surface area contributed by atoms with E-state index in [1.165, 1.54) is 11.1 Å². The van der Waals surface area contributed by atoms with Crippen molar-refractivity contribution in [3.63, 3.8) is 0 Å². The summed E-state index contributed by atoms with van der Waals surface area (Å²) >= 11 is 0. The highest BCUT2D eigenvalue weighted by Crippen LogP contribution is 2.19. The molecule has 0 saturated carbocycles. The first-order valence-electron chi connectivity index (χ1n) is 6.99. The lowest BCUT2D eigenvalue weighted by Gasteiger charge is -2.12. The van der Waals surface area contributed by atoms with Gasteiger partial charge in [-0.15, -0.1) is 0 Å². The molecular weight excluding hydrogens is 264 g/mol. The summed E-state index contributed by atoms with van der Waals surface area (Å²) in [6, 6.07) is 9.98. The van der Waals surface area contributed by atoms with Crippen molar-refractivity contribution in [2.75, 3.05) is 11.9 Å². The van der Waals surface area contributed by atoms with Crippen LogP contribution in [-0.2, 0) is 6.42 Å². The smallest absolute Gasteiger partial charge is 0.339 e. The maximum absolute atomic E-state index is 11.4. The van der Waals surface area contributed by atoms with Crippen LogP contribution in [0.2, 0.25) is 0 Å². The van der Waals surface area contributed by atoms with E-state index in [-0.39, 0.29) is 5.56 Å². The topological polar surface area (TPSA) is 62.2 Å². The van der Waals surface area contributed by atoms with Gasteiger partial charge in [0.15, 0.2) is 0 Å². The summed E-state index contributed by atoms with van der Waals surface area (Å²) < 4.78 is 0. The number of pyridine rings is 1. The Balaban J connectivity index is 2.13. The Hall–Kier alpha value is -2.36. The summed E-state index contributed by atoms with van der Waals surface area (Å²) in [5.41, 5.74) is 4.30. The van der Waals surface area contributed by atoms with Gasteiger partial charge in [-0.2, -0.15) is 0 Å². The zero-order valence-electron chi connectivity index (χ0n) is 12.6. The summed E-state index contributed by atoms with van der Waals surface area (Å²) in [5, 5.41) is 12.5. The highest BCUT2D eigenvalue weighted by atomic mass is 16.4. The minimum Gasteiger partial charge on any atom is -0.478 e. The SMILES string of the molecule is Cc1cc(C)c(C(=O)O)c(NCCc2ccccc2C)n1. The molecule has 0 spiro atoms. The largest absolute Gasteiger partial charge is 0.478 e. The standard InChI is InChI=1S/C17H20N2O2/c1-11-6-4-5-7-14(11)8-9-18-16-15(17(20)21)12(2)10-13(3)19-16/h4-7,10H,8-9H2,1-3H3,(H,18,19)(H,20,21). The van der Waals surface area contributed by atoms with Crippen LogP contribution in [0, 0.1) is 20.8 Å². The van der Waals surface area contributed by atoms with E-state index in [1.807, 2.05) is 19.1 Å². The van der Waals surface area contributed by atoms with Crippen molar-refractivity contribution in [1.82, 2.24) is 4.98 Å². The highest BCUT2D eigenvalue weighted by molar-refractivity contribution is 5.94. The van der Waals surface area contributed by atoms with E-state index in [1.54, 1.807) is 13.0 Å². The van der Waals surface area contributed by atoms with Crippen molar-refractivity contribution in [2.24, 2.45) is 0 Å². The molecule has 1 aromatic heterocycles. The van der Waals surface area contributed by atoms with Crippen molar-refractivity contribution in [3.05, 3.63) is 58.3 Å². The number of carboxylic acids is 1. The van der Waals surface area contributed by atoms with Gasteiger partial charge < -0.3 is 10.4 Å². The lowest BCUT2D eigenvalue weighted by Crippen LogP contribution is -2.13. The van der Waals surface area contributed by atoms with Crippen LogP contribution in [0.15, 0.2) is 30.3 Å². The maximum atomic E-state index is 11.4. The molecule has 2 N–H and O–H groups in total. The zero-order valence-corrected chi connectivity index (χ0v) is 12.6. The Bertz CT molecular complexity index is 666. The fraction of sp³-hybridized carbons (Fsp3) is 0.294. The van der Waals surface area contributed by atoms with E-state index in [0.717, 1.165) is 17.7 Å². The summed E-state index contributed by atoms with van der Waals surface area (Å²) in [5.74, 6) is -0.494. The number of carboxylic acid groups (broad SMARTS) is 1. The monoisotopic (exact) mass is 284 g/mol. The van der Waals surface area contributed by atoms with Gasteiger partial charge in [-0.05, 0) is 49.9 Å². The third-order valence-electron chi connectivity index (χ3n) is 3.51. The second kappa shape index (κ2) is 6.39. The van der Waals surface area contributed by atoms with Gasteiger partial charge in [0.05, 0.1) is 0 Å². The van der Waals surface area contributed by atoms with Crippen molar-refractivity contribution in [3.8, 4) is 0 Å². The lowest BCUT2D eigenvalue weighted by molar-refractivity contribution is 0.0697. The molecule has 0 unspecified atom stereocenters. The average Bonchev–Trinajstić information content (AvgIpc) is 2.39. The lowest BCUT2D eigenvalue weighted by atomic mass is 10.1. The Kier molecular flexibility index (Phi) is 4.58. The first kappa shape index (κ1) is 15.0. The molecule has 0 fully saturated rings. The van der Waals surface area contributed by atoms with E-state index in [2.05, 4.69) is 29.4 Å². The molecule has 0 amide bonds. The summed E-state index contributed by atoms with van der Waals surface area (Å²) in [6.07, 6.45) is 0.834. The number of rotatable bonds is 5. The summed E-state index contributed by atoms with van der Waals surface area (Å²) in [7, 11) is 0. The van der Waals surface area contributed by atoms with Gasteiger partial charge in [0.2, 0.25) is 0 Å². The molecule has 4 heteroatoms. The van der Waals surface area contributed by atoms with Gasteiger partial charge in [0.25, 0.3) is 0 Å². The minimum absolute atomic E-state index is 0.255. The van der Waals surface area contributed by atoms with Crippen LogP contribution < -0.4 is 5.32 Å². The van der Waals surface area contributed by atoms with Crippen LogP contribution in [0.1, 0.15) is 32.7 Å². The number of benzene rings is 1. The van der Waals surface area contributed by atoms with E-state index >= 15 is 0 Å². The normalized spacial score (nSPS) is 10.4. The molecule has 0 aliphatic carbocycles. The van der Waals surface area contributed by atoms with Crippen LogP contribution >= 0.6 is 0 Å². The van der Waals surface area contributed by atoms with Crippen LogP contribution in [0.5, 0.6) is 0 Å². The van der Waals surface area contributed by atoms with E-state index < -0.39 is 5.97 Å². The number of nitrogens with zero attached hydrogens (tertiary/aromatic N) is 1. The predicted octanol–water partition coefficient (Wildman–Crippen LogP) is 3.36. The molecule has 4 nitrogen and oxygen atoms in total. The quantitative estimate of drug-likeness (QED) is 0.883. The van der Waals surface area contributed by atoms with Crippen LogP contribution in [-0.4, -0.2) is 22.6 Å². The van der Waals surface area contributed by atoms with Gasteiger partial charge in [-0.3, -0.25) is 0 Å². The third-order valence-corrected chi connectivity index (χ3v) is 3.51. The molecule has 0 aliphatic rings. The molecule has 0 atom stereocenters. The number of anilines is 1. The minimum atomic E-state index is -0.946. The van der Waals surface area contributed by atoms with Gasteiger partial charge in [-0.1, -0.05) is 24.3 Å². The molecule has 0 radical (unpaired) electrons. The molecule has 1 aromatic carbocycles. The first-order valence-corrected chi connectivity index (χ1v) is 6.99. The molecule has 2 rings (SSSR count). The third kappa shape index (κ3) is 3.60. The van der Waals surface area contributed by atoms with E-state index in [4.69, 9.17) is 0 Å². The maximum Gasteiger partial charge on any atom is 0.339 e. The Morgan fingerprint density at radius 3 is 2.57 bits per heavy atom. The average molecular weight is 284 g/mol. The van der Waals surface area contributed by atoms with Crippen molar-refractivity contribution < 1.29 is 9.90 Å². The van der Waals surface area contributed by atoms with Gasteiger partial charge in [-0.25, -0.2) is 9.78 Å². The number of aromatic carboxylic acids is 1. The Labute approximate surface area is 124 Å². The van der Waals surface area contributed by atoms with Gasteiger partial charge >= 0.3 is 5.97 Å².